The number of allylic oxidation sites excluding steroid dienone is 1. The van der Waals surface area contributed by atoms with E-state index in [0.29, 0.717) is 53.8 Å². The van der Waals surface area contributed by atoms with Crippen LogP contribution in [0.2, 0.25) is 0 Å². The van der Waals surface area contributed by atoms with Crippen LogP contribution >= 0.6 is 0 Å². The number of hydrogen-bond donors (Lipinski definition) is 1. The summed E-state index contributed by atoms with van der Waals surface area (Å²) in [4.78, 5) is 18.3. The van der Waals surface area contributed by atoms with Crippen molar-refractivity contribution in [2.75, 3.05) is 43.5 Å². The Morgan fingerprint density at radius 1 is 1.16 bits per heavy atom. The van der Waals surface area contributed by atoms with Crippen LogP contribution in [0.3, 0.4) is 0 Å². The van der Waals surface area contributed by atoms with Crippen molar-refractivity contribution in [3.63, 3.8) is 0 Å². The van der Waals surface area contributed by atoms with Crippen LogP contribution in [0.25, 0.3) is 32.9 Å². The zero-order valence-corrected chi connectivity index (χ0v) is 24.5. The molecule has 2 saturated heterocycles. The van der Waals surface area contributed by atoms with Crippen molar-refractivity contribution in [2.45, 2.75) is 49.9 Å². The molecule has 8 nitrogen and oxygen atoms in total. The van der Waals surface area contributed by atoms with E-state index >= 15 is 4.39 Å². The van der Waals surface area contributed by atoms with Crippen molar-refractivity contribution in [2.24, 2.45) is 0 Å². The Hall–Kier alpha value is -4.56. The molecule has 0 saturated carbocycles. The third-order valence-electron chi connectivity index (χ3n) is 9.69. The topological polar surface area (TPSA) is 89.6 Å². The molecular formula is C34H31F3N6O2. The van der Waals surface area contributed by atoms with Gasteiger partial charge in [-0.15, -0.1) is 6.42 Å². The Labute approximate surface area is 258 Å². The lowest BCUT2D eigenvalue weighted by Crippen LogP contribution is -2.43. The number of benzene rings is 2. The standard InChI is InChI=1S/C34H31F3N6O2/c1-2-23-25(36)9-8-19-13-21(38)14-24(26(19)23)29-28(37)30-27-31(43-12-5-3-4-7-22(43)17-44-32(27)39-29)41-33(40-30)45-18-34-10-6-11-42(34)16-20(35)15-34/h1,3,5,8-9,13-14,20,22H,4,6-7,10-12,15-18,38H2/t20-,22+,34+/m1/s1. The molecule has 4 aromatic rings. The highest BCUT2D eigenvalue weighted by molar-refractivity contribution is 6.04. The minimum atomic E-state index is -0.919. The van der Waals surface area contributed by atoms with Crippen LogP contribution in [-0.2, 0) is 0 Å². The Bertz CT molecular complexity index is 1940. The number of halogens is 3. The van der Waals surface area contributed by atoms with Crippen LogP contribution in [-0.4, -0.2) is 70.5 Å². The largest absolute Gasteiger partial charge is 0.475 e. The van der Waals surface area contributed by atoms with Crippen LogP contribution < -0.4 is 20.1 Å². The summed E-state index contributed by atoms with van der Waals surface area (Å²) in [5.41, 5.74) is 6.16. The van der Waals surface area contributed by atoms with Crippen molar-refractivity contribution in [1.82, 2.24) is 19.9 Å². The summed E-state index contributed by atoms with van der Waals surface area (Å²) in [5.74, 6) is 1.65. The van der Waals surface area contributed by atoms with Crippen LogP contribution in [0.1, 0.15) is 37.7 Å². The van der Waals surface area contributed by atoms with Gasteiger partial charge in [-0.1, -0.05) is 24.1 Å². The van der Waals surface area contributed by atoms with Crippen molar-refractivity contribution in [3.05, 3.63) is 53.6 Å². The van der Waals surface area contributed by atoms with Crippen molar-refractivity contribution in [3.8, 4) is 35.5 Å². The van der Waals surface area contributed by atoms with Crippen molar-refractivity contribution in [1.29, 1.82) is 0 Å². The number of anilines is 2. The van der Waals surface area contributed by atoms with E-state index in [9.17, 15) is 8.78 Å². The second-order valence-corrected chi connectivity index (χ2v) is 12.4. The van der Waals surface area contributed by atoms with E-state index in [4.69, 9.17) is 26.6 Å². The number of nitrogen functional groups attached to an aromatic ring is 1. The van der Waals surface area contributed by atoms with Crippen LogP contribution in [0.5, 0.6) is 11.9 Å². The molecule has 45 heavy (non-hydrogen) atoms. The van der Waals surface area contributed by atoms with Gasteiger partial charge in [-0.05, 0) is 55.8 Å². The predicted octanol–water partition coefficient (Wildman–Crippen LogP) is 5.56. The summed E-state index contributed by atoms with van der Waals surface area (Å²) < 4.78 is 58.9. The smallest absolute Gasteiger partial charge is 0.319 e. The second-order valence-electron chi connectivity index (χ2n) is 12.4. The molecule has 2 aromatic carbocycles. The number of ether oxygens (including phenoxy) is 2. The molecule has 0 spiro atoms. The number of aromatic nitrogens is 3. The lowest BCUT2D eigenvalue weighted by molar-refractivity contribution is 0.107. The second kappa shape index (κ2) is 10.5. The maximum Gasteiger partial charge on any atom is 0.319 e. The Morgan fingerprint density at radius 3 is 2.91 bits per heavy atom. The molecule has 6 heterocycles. The number of nitrogens with two attached hydrogens (primary N) is 1. The van der Waals surface area contributed by atoms with Gasteiger partial charge in [-0.3, -0.25) is 4.90 Å². The molecule has 0 aliphatic carbocycles. The first-order chi connectivity index (χ1) is 21.8. The SMILES string of the molecule is C#Cc1c(F)ccc2cc(N)cc(-c3nc4c5c(nc(OC[C@@]67CCCN6C[C@H](F)C7)nc5c3F)N3CC=CCC[C@H]3CO4)c12. The molecule has 2 N–H and O–H groups in total. The average molecular weight is 613 g/mol. The normalized spacial score (nSPS) is 24.2. The lowest BCUT2D eigenvalue weighted by atomic mass is 9.95. The first kappa shape index (κ1) is 28.0. The number of rotatable bonds is 4. The van der Waals surface area contributed by atoms with Gasteiger partial charge >= 0.3 is 6.01 Å². The van der Waals surface area contributed by atoms with E-state index in [-0.39, 0.29) is 46.9 Å². The van der Waals surface area contributed by atoms with Crippen molar-refractivity contribution >= 4 is 33.2 Å². The van der Waals surface area contributed by atoms with E-state index < -0.39 is 23.3 Å². The number of fused-ring (bicyclic) bond motifs is 4. The van der Waals surface area contributed by atoms with E-state index in [0.717, 1.165) is 32.2 Å². The number of hydrogen-bond acceptors (Lipinski definition) is 8. The maximum absolute atomic E-state index is 17.0. The van der Waals surface area contributed by atoms with Gasteiger partial charge in [0.2, 0.25) is 5.88 Å². The zero-order valence-electron chi connectivity index (χ0n) is 24.5. The molecule has 0 amide bonds. The first-order valence-electron chi connectivity index (χ1n) is 15.3. The van der Waals surface area contributed by atoms with Crippen molar-refractivity contribution < 1.29 is 22.6 Å². The lowest BCUT2D eigenvalue weighted by Gasteiger charge is -2.31. The monoisotopic (exact) mass is 612 g/mol. The summed E-state index contributed by atoms with van der Waals surface area (Å²) in [6, 6.07) is 5.92. The molecular weight excluding hydrogens is 581 g/mol. The molecule has 11 heteroatoms. The molecule has 8 rings (SSSR count). The van der Waals surface area contributed by atoms with Crippen LogP contribution in [0.15, 0.2) is 36.4 Å². The Morgan fingerprint density at radius 2 is 2.04 bits per heavy atom. The molecule has 230 valence electrons. The van der Waals surface area contributed by atoms with Gasteiger partial charge < -0.3 is 20.1 Å². The minimum Gasteiger partial charge on any atom is -0.475 e. The van der Waals surface area contributed by atoms with Gasteiger partial charge in [-0.25, -0.2) is 18.2 Å². The molecule has 0 bridgehead atoms. The fourth-order valence-electron chi connectivity index (χ4n) is 7.61. The number of nitrogens with zero attached hydrogens (tertiary/aromatic N) is 5. The summed E-state index contributed by atoms with van der Waals surface area (Å²) in [6.45, 7) is 2.21. The molecule has 2 aromatic heterocycles. The predicted molar refractivity (Wildman–Crippen MR) is 166 cm³/mol. The summed E-state index contributed by atoms with van der Waals surface area (Å²) in [6.07, 6.45) is 12.8. The molecule has 0 unspecified atom stereocenters. The fourth-order valence-corrected chi connectivity index (χ4v) is 7.61. The molecule has 0 radical (unpaired) electrons. The van der Waals surface area contributed by atoms with Crippen LogP contribution in [0, 0.1) is 24.0 Å². The highest BCUT2D eigenvalue weighted by Gasteiger charge is 2.49. The van der Waals surface area contributed by atoms with Gasteiger partial charge in [0.25, 0.3) is 0 Å². The zero-order chi connectivity index (χ0) is 30.9. The van der Waals surface area contributed by atoms with Gasteiger partial charge in [-0.2, -0.15) is 9.97 Å². The third kappa shape index (κ3) is 4.45. The fraction of sp³-hybridized carbons (Fsp3) is 0.382. The maximum atomic E-state index is 17.0. The van der Waals surface area contributed by atoms with E-state index in [1.807, 2.05) is 0 Å². The molecule has 2 fully saturated rings. The van der Waals surface area contributed by atoms with Gasteiger partial charge in [0.05, 0.1) is 17.1 Å². The number of terminal acetylenes is 1. The van der Waals surface area contributed by atoms with Gasteiger partial charge in [0.15, 0.2) is 5.82 Å². The molecule has 3 atom stereocenters. The van der Waals surface area contributed by atoms with Gasteiger partial charge in [0, 0.05) is 36.1 Å². The van der Waals surface area contributed by atoms with Crippen LogP contribution in [0.4, 0.5) is 24.7 Å². The Balaban J connectivity index is 1.34. The molecule has 4 aliphatic heterocycles. The minimum absolute atomic E-state index is 0.00954. The van der Waals surface area contributed by atoms with E-state index in [1.54, 1.807) is 12.1 Å². The quantitative estimate of drug-likeness (QED) is 0.182. The summed E-state index contributed by atoms with van der Waals surface area (Å²) in [5, 5.41) is 1.18. The number of alkyl halides is 1. The third-order valence-corrected chi connectivity index (χ3v) is 9.69. The van der Waals surface area contributed by atoms with Gasteiger partial charge in [0.1, 0.15) is 47.6 Å². The average Bonchev–Trinajstić information content (AvgIpc) is 3.38. The highest BCUT2D eigenvalue weighted by atomic mass is 19.1. The van der Waals surface area contributed by atoms with E-state index in [1.165, 1.54) is 12.1 Å². The Kier molecular flexibility index (Phi) is 6.53. The number of pyridine rings is 1. The van der Waals surface area contributed by atoms with E-state index in [2.05, 4.69) is 37.8 Å². The molecule has 4 aliphatic rings. The highest BCUT2D eigenvalue weighted by Crippen LogP contribution is 2.44. The summed E-state index contributed by atoms with van der Waals surface area (Å²) in [7, 11) is 0. The first-order valence-corrected chi connectivity index (χ1v) is 15.3. The summed E-state index contributed by atoms with van der Waals surface area (Å²) >= 11 is 0.